The molecule has 5 nitrogen and oxygen atoms in total. The van der Waals surface area contributed by atoms with Crippen molar-refractivity contribution in [2.75, 3.05) is 11.9 Å². The van der Waals surface area contributed by atoms with Crippen LogP contribution >= 0.6 is 0 Å². The van der Waals surface area contributed by atoms with Gasteiger partial charge in [-0.3, -0.25) is 10.1 Å². The molecular weight excluding hydrogens is 292 g/mol. The van der Waals surface area contributed by atoms with Crippen molar-refractivity contribution in [3.05, 3.63) is 29.8 Å². The molecule has 0 radical (unpaired) electrons. The number of anilines is 1. The molecule has 1 saturated carbocycles. The molecule has 2 amide bonds. The van der Waals surface area contributed by atoms with E-state index < -0.39 is 6.09 Å². The number of nitrogens with one attached hydrogen (secondary N) is 2. The standard InChI is InChI=1S/C18H26N2O3/c1-2-23-18(22)20-16-12-8-9-14(13-16)17(21)19-15-10-6-4-3-5-7-11-15/h8-9,12-13,15H,2-7,10-11H2,1H3,(H,19,21)(H,20,22). The van der Waals surface area contributed by atoms with Gasteiger partial charge in [-0.05, 0) is 38.0 Å². The molecule has 1 aromatic carbocycles. The number of hydrogen-bond donors (Lipinski definition) is 2. The van der Waals surface area contributed by atoms with Gasteiger partial charge in [-0.15, -0.1) is 0 Å². The van der Waals surface area contributed by atoms with Crippen molar-refractivity contribution < 1.29 is 14.3 Å². The minimum atomic E-state index is -0.509. The first-order valence-electron chi connectivity index (χ1n) is 8.53. The summed E-state index contributed by atoms with van der Waals surface area (Å²) in [5.74, 6) is -0.0805. The van der Waals surface area contributed by atoms with Gasteiger partial charge in [-0.2, -0.15) is 0 Å². The molecular formula is C18H26N2O3. The smallest absolute Gasteiger partial charge is 0.411 e. The van der Waals surface area contributed by atoms with Crippen molar-refractivity contribution in [2.24, 2.45) is 0 Å². The van der Waals surface area contributed by atoms with Gasteiger partial charge in [0.05, 0.1) is 6.61 Å². The number of benzene rings is 1. The molecule has 1 aliphatic carbocycles. The summed E-state index contributed by atoms with van der Waals surface area (Å²) in [5, 5.41) is 5.74. The van der Waals surface area contributed by atoms with Crippen LogP contribution in [0.5, 0.6) is 0 Å². The van der Waals surface area contributed by atoms with Crippen LogP contribution in [0.1, 0.15) is 62.2 Å². The van der Waals surface area contributed by atoms with Crippen LogP contribution in [0.3, 0.4) is 0 Å². The molecule has 1 aliphatic rings. The third-order valence-electron chi connectivity index (χ3n) is 4.09. The van der Waals surface area contributed by atoms with E-state index in [0.29, 0.717) is 17.9 Å². The Kier molecular flexibility index (Phi) is 6.91. The number of amides is 2. The number of carbonyl (C=O) groups excluding carboxylic acids is 2. The predicted molar refractivity (Wildman–Crippen MR) is 90.7 cm³/mol. The van der Waals surface area contributed by atoms with Crippen molar-refractivity contribution in [2.45, 2.75) is 57.9 Å². The third-order valence-corrected chi connectivity index (χ3v) is 4.09. The molecule has 0 atom stereocenters. The highest BCUT2D eigenvalue weighted by molar-refractivity contribution is 5.96. The molecule has 23 heavy (non-hydrogen) atoms. The van der Waals surface area contributed by atoms with Crippen molar-refractivity contribution in [1.82, 2.24) is 5.32 Å². The lowest BCUT2D eigenvalue weighted by Gasteiger charge is -2.21. The Balaban J connectivity index is 1.94. The zero-order chi connectivity index (χ0) is 16.5. The van der Waals surface area contributed by atoms with Crippen LogP contribution < -0.4 is 10.6 Å². The summed E-state index contributed by atoms with van der Waals surface area (Å²) >= 11 is 0. The van der Waals surface area contributed by atoms with Crippen molar-refractivity contribution in [3.63, 3.8) is 0 Å². The number of carbonyl (C=O) groups is 2. The molecule has 1 aromatic rings. The predicted octanol–water partition coefficient (Wildman–Crippen LogP) is 4.10. The maximum Gasteiger partial charge on any atom is 0.411 e. The Bertz CT molecular complexity index is 523. The third kappa shape index (κ3) is 5.93. The van der Waals surface area contributed by atoms with Crippen LogP contribution in [-0.2, 0) is 4.74 Å². The lowest BCUT2D eigenvalue weighted by Crippen LogP contribution is -2.35. The van der Waals surface area contributed by atoms with Gasteiger partial charge in [0.1, 0.15) is 0 Å². The number of rotatable bonds is 4. The number of hydrogen-bond acceptors (Lipinski definition) is 3. The van der Waals surface area contributed by atoms with Crippen LogP contribution in [0.15, 0.2) is 24.3 Å². The van der Waals surface area contributed by atoms with Crippen molar-refractivity contribution in [1.29, 1.82) is 0 Å². The van der Waals surface area contributed by atoms with Crippen LogP contribution in [0, 0.1) is 0 Å². The van der Waals surface area contributed by atoms with Crippen LogP contribution in [0.2, 0.25) is 0 Å². The highest BCUT2D eigenvalue weighted by atomic mass is 16.5. The monoisotopic (exact) mass is 318 g/mol. The molecule has 0 unspecified atom stereocenters. The van der Waals surface area contributed by atoms with E-state index in [0.717, 1.165) is 12.8 Å². The molecule has 0 spiro atoms. The Labute approximate surface area is 137 Å². The minimum Gasteiger partial charge on any atom is -0.450 e. The Morgan fingerprint density at radius 2 is 1.83 bits per heavy atom. The van der Waals surface area contributed by atoms with E-state index in [1.165, 1.54) is 32.1 Å². The molecule has 0 aromatic heterocycles. The molecule has 0 saturated heterocycles. The molecule has 1 fully saturated rings. The van der Waals surface area contributed by atoms with Crippen molar-refractivity contribution >= 4 is 17.7 Å². The largest absolute Gasteiger partial charge is 0.450 e. The topological polar surface area (TPSA) is 67.4 Å². The van der Waals surface area contributed by atoms with Crippen molar-refractivity contribution in [3.8, 4) is 0 Å². The summed E-state index contributed by atoms with van der Waals surface area (Å²) in [7, 11) is 0. The quantitative estimate of drug-likeness (QED) is 0.878. The van der Waals surface area contributed by atoms with E-state index >= 15 is 0 Å². The summed E-state index contributed by atoms with van der Waals surface area (Å²) in [6, 6.07) is 7.19. The second kappa shape index (κ2) is 9.18. The zero-order valence-electron chi connectivity index (χ0n) is 13.8. The zero-order valence-corrected chi connectivity index (χ0v) is 13.8. The first kappa shape index (κ1) is 17.3. The average Bonchev–Trinajstić information content (AvgIpc) is 2.50. The second-order valence-corrected chi connectivity index (χ2v) is 5.94. The van der Waals surface area contributed by atoms with Gasteiger partial charge in [0.15, 0.2) is 0 Å². The molecule has 0 bridgehead atoms. The Morgan fingerprint density at radius 3 is 2.52 bits per heavy atom. The van der Waals surface area contributed by atoms with E-state index in [-0.39, 0.29) is 11.9 Å². The summed E-state index contributed by atoms with van der Waals surface area (Å²) in [4.78, 5) is 23.9. The maximum absolute atomic E-state index is 12.4. The Hall–Kier alpha value is -2.04. The molecule has 5 heteroatoms. The van der Waals surface area contributed by atoms with Gasteiger partial charge < -0.3 is 10.1 Å². The lowest BCUT2D eigenvalue weighted by atomic mass is 9.96. The summed E-state index contributed by atoms with van der Waals surface area (Å²) < 4.78 is 4.84. The summed E-state index contributed by atoms with van der Waals surface area (Å²) in [5.41, 5.74) is 1.12. The highest BCUT2D eigenvalue weighted by Gasteiger charge is 2.15. The van der Waals surface area contributed by atoms with Gasteiger partial charge in [0, 0.05) is 17.3 Å². The highest BCUT2D eigenvalue weighted by Crippen LogP contribution is 2.18. The van der Waals surface area contributed by atoms with Gasteiger partial charge >= 0.3 is 6.09 Å². The maximum atomic E-state index is 12.4. The average molecular weight is 318 g/mol. The van der Waals surface area contributed by atoms with E-state index in [1.807, 2.05) is 0 Å². The molecule has 0 aliphatic heterocycles. The molecule has 0 heterocycles. The van der Waals surface area contributed by atoms with Crippen LogP contribution in [0.25, 0.3) is 0 Å². The second-order valence-electron chi connectivity index (χ2n) is 5.94. The summed E-state index contributed by atoms with van der Waals surface area (Å²) in [6.45, 7) is 2.06. The fourth-order valence-corrected chi connectivity index (χ4v) is 2.89. The first-order chi connectivity index (χ1) is 11.2. The van der Waals surface area contributed by atoms with E-state index in [1.54, 1.807) is 31.2 Å². The molecule has 126 valence electrons. The SMILES string of the molecule is CCOC(=O)Nc1cccc(C(=O)NC2CCCCCCC2)c1. The first-order valence-corrected chi connectivity index (χ1v) is 8.53. The normalized spacial score (nSPS) is 16.0. The fourth-order valence-electron chi connectivity index (χ4n) is 2.89. The van der Waals surface area contributed by atoms with E-state index in [2.05, 4.69) is 10.6 Å². The van der Waals surface area contributed by atoms with Gasteiger partial charge in [-0.25, -0.2) is 4.79 Å². The minimum absolute atomic E-state index is 0.0805. The molecule has 2 N–H and O–H groups in total. The fraction of sp³-hybridized carbons (Fsp3) is 0.556. The number of ether oxygens (including phenoxy) is 1. The van der Waals surface area contributed by atoms with E-state index in [4.69, 9.17) is 4.74 Å². The lowest BCUT2D eigenvalue weighted by molar-refractivity contribution is 0.0930. The Morgan fingerprint density at radius 1 is 1.13 bits per heavy atom. The summed E-state index contributed by atoms with van der Waals surface area (Å²) in [6.07, 6.45) is 7.76. The van der Waals surface area contributed by atoms with Gasteiger partial charge in [0.2, 0.25) is 0 Å². The van der Waals surface area contributed by atoms with Gasteiger partial charge in [-0.1, -0.05) is 38.2 Å². The van der Waals surface area contributed by atoms with Gasteiger partial charge in [0.25, 0.3) is 5.91 Å². The molecule has 2 rings (SSSR count). The van der Waals surface area contributed by atoms with E-state index in [9.17, 15) is 9.59 Å². The van der Waals surface area contributed by atoms with Crippen LogP contribution in [-0.4, -0.2) is 24.6 Å². The van der Waals surface area contributed by atoms with Crippen LogP contribution in [0.4, 0.5) is 10.5 Å².